The second-order valence-corrected chi connectivity index (χ2v) is 2.83. The van der Waals surface area contributed by atoms with Gasteiger partial charge >= 0.3 is 5.97 Å². The van der Waals surface area contributed by atoms with Crippen LogP contribution in [-0.4, -0.2) is 34.5 Å². The van der Waals surface area contributed by atoms with Crippen molar-refractivity contribution in [2.75, 3.05) is 0 Å². The van der Waals surface area contributed by atoms with E-state index in [4.69, 9.17) is 9.84 Å². The summed E-state index contributed by atoms with van der Waals surface area (Å²) in [6.45, 7) is 0. The molecule has 0 spiro atoms. The molecule has 1 aliphatic heterocycles. The van der Waals surface area contributed by atoms with E-state index in [2.05, 4.69) is 0 Å². The lowest BCUT2D eigenvalue weighted by Gasteiger charge is -2.08. The quantitative estimate of drug-likeness (QED) is 0.503. The monoisotopic (exact) mass is 156 g/mol. The maximum absolute atomic E-state index is 10.4. The first-order chi connectivity index (χ1) is 5.18. The van der Waals surface area contributed by atoms with Crippen molar-refractivity contribution in [1.29, 1.82) is 0 Å². The fraction of sp³-hybridized carbons (Fsp3) is 0.571. The summed E-state index contributed by atoms with van der Waals surface area (Å²) in [5.41, 5.74) is 0.260. The zero-order chi connectivity index (χ0) is 8.01. The Balaban J connectivity index is 2.17. The van der Waals surface area contributed by atoms with Crippen molar-refractivity contribution in [2.45, 2.75) is 24.7 Å². The number of fused-ring (bicyclic) bond motifs is 1. The van der Waals surface area contributed by atoms with Crippen LogP contribution in [0.25, 0.3) is 0 Å². The fourth-order valence-corrected chi connectivity index (χ4v) is 1.37. The number of aliphatic hydroxyl groups excluding tert-OH is 1. The van der Waals surface area contributed by atoms with Gasteiger partial charge in [-0.2, -0.15) is 0 Å². The molecule has 1 heterocycles. The molecule has 0 aromatic rings. The Bertz CT molecular complexity index is 233. The van der Waals surface area contributed by atoms with Gasteiger partial charge in [0.1, 0.15) is 12.2 Å². The molecule has 4 nitrogen and oxygen atoms in total. The Labute approximate surface area is 63.1 Å². The highest BCUT2D eigenvalue weighted by molar-refractivity contribution is 5.87. The molecule has 4 heteroatoms. The van der Waals surface area contributed by atoms with E-state index < -0.39 is 12.1 Å². The van der Waals surface area contributed by atoms with Crippen LogP contribution >= 0.6 is 0 Å². The van der Waals surface area contributed by atoms with E-state index in [9.17, 15) is 9.90 Å². The van der Waals surface area contributed by atoms with Crippen LogP contribution in [0.15, 0.2) is 11.6 Å². The Hall–Kier alpha value is -0.870. The van der Waals surface area contributed by atoms with Gasteiger partial charge in [-0.05, 0) is 6.08 Å². The van der Waals surface area contributed by atoms with Crippen molar-refractivity contribution in [3.8, 4) is 0 Å². The largest absolute Gasteiger partial charge is 0.478 e. The Morgan fingerprint density at radius 3 is 3.00 bits per heavy atom. The van der Waals surface area contributed by atoms with E-state index in [0.29, 0.717) is 6.42 Å². The number of carboxylic acid groups (broad SMARTS) is 1. The number of aliphatic hydroxyl groups is 1. The third-order valence-corrected chi connectivity index (χ3v) is 2.03. The average Bonchev–Trinajstić information content (AvgIpc) is 2.66. The molecular weight excluding hydrogens is 148 g/mol. The van der Waals surface area contributed by atoms with Gasteiger partial charge in [-0.15, -0.1) is 0 Å². The van der Waals surface area contributed by atoms with Gasteiger partial charge in [0.2, 0.25) is 0 Å². The summed E-state index contributed by atoms with van der Waals surface area (Å²) >= 11 is 0. The van der Waals surface area contributed by atoms with Crippen LogP contribution in [0.3, 0.4) is 0 Å². The molecule has 0 aromatic heterocycles. The minimum Gasteiger partial charge on any atom is -0.478 e. The van der Waals surface area contributed by atoms with Gasteiger partial charge in [0.25, 0.3) is 0 Å². The van der Waals surface area contributed by atoms with Crippen molar-refractivity contribution in [1.82, 2.24) is 0 Å². The van der Waals surface area contributed by atoms with Crippen molar-refractivity contribution >= 4 is 5.97 Å². The lowest BCUT2D eigenvalue weighted by molar-refractivity contribution is -0.133. The third-order valence-electron chi connectivity index (χ3n) is 2.03. The fourth-order valence-electron chi connectivity index (χ4n) is 1.37. The number of hydrogen-bond donors (Lipinski definition) is 2. The molecule has 1 aliphatic carbocycles. The molecule has 2 rings (SSSR count). The molecule has 1 saturated heterocycles. The molecule has 1 fully saturated rings. The molecule has 0 saturated carbocycles. The first-order valence-corrected chi connectivity index (χ1v) is 3.46. The molecule has 60 valence electrons. The van der Waals surface area contributed by atoms with E-state index in [1.807, 2.05) is 0 Å². The van der Waals surface area contributed by atoms with E-state index in [1.54, 1.807) is 0 Å². The number of carboxylic acids is 1. The molecule has 11 heavy (non-hydrogen) atoms. The predicted molar refractivity (Wildman–Crippen MR) is 35.0 cm³/mol. The molecular formula is C7H8O4. The summed E-state index contributed by atoms with van der Waals surface area (Å²) in [6.07, 6.45) is 0.868. The molecule has 2 aliphatic rings. The van der Waals surface area contributed by atoms with Crippen LogP contribution in [0.4, 0.5) is 0 Å². The minimum atomic E-state index is -0.960. The molecule has 2 N–H and O–H groups in total. The SMILES string of the molecule is O=C(O)C1=CC(O)[C@H]2O[C@H]2C1. The summed E-state index contributed by atoms with van der Waals surface area (Å²) < 4.78 is 5.01. The zero-order valence-electron chi connectivity index (χ0n) is 5.73. The van der Waals surface area contributed by atoms with Gasteiger partial charge in [-0.1, -0.05) is 0 Å². The van der Waals surface area contributed by atoms with Crippen molar-refractivity contribution in [3.63, 3.8) is 0 Å². The van der Waals surface area contributed by atoms with Crippen LogP contribution in [0, 0.1) is 0 Å². The smallest absolute Gasteiger partial charge is 0.331 e. The molecule has 0 aromatic carbocycles. The molecule has 0 bridgehead atoms. The highest BCUT2D eigenvalue weighted by Gasteiger charge is 2.47. The Kier molecular flexibility index (Phi) is 1.27. The lowest BCUT2D eigenvalue weighted by atomic mass is 9.98. The standard InChI is InChI=1S/C7H8O4/c8-4-1-3(7(9)10)2-5-6(4)11-5/h1,4-6,8H,2H2,(H,9,10)/t4?,5-,6+/m0/s1. The van der Waals surface area contributed by atoms with Crippen molar-refractivity contribution < 1.29 is 19.7 Å². The highest BCUT2D eigenvalue weighted by atomic mass is 16.6. The highest BCUT2D eigenvalue weighted by Crippen LogP contribution is 2.36. The predicted octanol–water partition coefficient (Wildman–Crippen LogP) is -0.471. The zero-order valence-corrected chi connectivity index (χ0v) is 5.73. The number of epoxide rings is 1. The minimum absolute atomic E-state index is 0.0545. The second kappa shape index (κ2) is 2.06. The number of carbonyl (C=O) groups is 1. The number of aliphatic carboxylic acids is 1. The lowest BCUT2D eigenvalue weighted by Crippen LogP contribution is -2.22. The van der Waals surface area contributed by atoms with E-state index in [1.165, 1.54) is 6.08 Å². The number of rotatable bonds is 1. The van der Waals surface area contributed by atoms with Crippen LogP contribution < -0.4 is 0 Å². The summed E-state index contributed by atoms with van der Waals surface area (Å²) in [4.78, 5) is 10.4. The van der Waals surface area contributed by atoms with Crippen molar-refractivity contribution in [3.05, 3.63) is 11.6 Å². The normalized spacial score (nSPS) is 40.8. The van der Waals surface area contributed by atoms with Crippen LogP contribution in [-0.2, 0) is 9.53 Å². The first kappa shape index (κ1) is 6.82. The first-order valence-electron chi connectivity index (χ1n) is 3.46. The van der Waals surface area contributed by atoms with E-state index in [0.717, 1.165) is 0 Å². The third kappa shape index (κ3) is 1.04. The van der Waals surface area contributed by atoms with E-state index in [-0.39, 0.29) is 17.8 Å². The van der Waals surface area contributed by atoms with Crippen molar-refractivity contribution in [2.24, 2.45) is 0 Å². The van der Waals surface area contributed by atoms with Gasteiger partial charge in [0, 0.05) is 12.0 Å². The maximum Gasteiger partial charge on any atom is 0.331 e. The van der Waals surface area contributed by atoms with Gasteiger partial charge in [-0.3, -0.25) is 0 Å². The van der Waals surface area contributed by atoms with Gasteiger partial charge in [-0.25, -0.2) is 4.79 Å². The molecule has 0 amide bonds. The second-order valence-electron chi connectivity index (χ2n) is 2.83. The molecule has 3 atom stereocenters. The van der Waals surface area contributed by atoms with Crippen LogP contribution in [0.2, 0.25) is 0 Å². The number of hydrogen-bond acceptors (Lipinski definition) is 3. The van der Waals surface area contributed by atoms with Crippen LogP contribution in [0.5, 0.6) is 0 Å². The summed E-state index contributed by atoms with van der Waals surface area (Å²) in [5, 5.41) is 17.7. The van der Waals surface area contributed by atoms with Gasteiger partial charge < -0.3 is 14.9 Å². The van der Waals surface area contributed by atoms with Gasteiger partial charge in [0.05, 0.1) is 6.10 Å². The van der Waals surface area contributed by atoms with E-state index >= 15 is 0 Å². The average molecular weight is 156 g/mol. The maximum atomic E-state index is 10.4. The summed E-state index contributed by atoms with van der Waals surface area (Å²) in [5.74, 6) is -0.960. The summed E-state index contributed by atoms with van der Waals surface area (Å²) in [7, 11) is 0. The van der Waals surface area contributed by atoms with Crippen LogP contribution in [0.1, 0.15) is 6.42 Å². The Morgan fingerprint density at radius 1 is 1.73 bits per heavy atom. The van der Waals surface area contributed by atoms with Gasteiger partial charge in [0.15, 0.2) is 0 Å². The Morgan fingerprint density at radius 2 is 2.45 bits per heavy atom. The topological polar surface area (TPSA) is 70.1 Å². The number of ether oxygens (including phenoxy) is 1. The molecule has 1 unspecified atom stereocenters. The summed E-state index contributed by atoms with van der Waals surface area (Å²) in [6, 6.07) is 0. The molecule has 0 radical (unpaired) electrons.